The van der Waals surface area contributed by atoms with E-state index in [-0.39, 0.29) is 0 Å². The van der Waals surface area contributed by atoms with Gasteiger partial charge in [-0.2, -0.15) is 13.2 Å². The van der Waals surface area contributed by atoms with E-state index in [0.29, 0.717) is 31.0 Å². The smallest absolute Gasteiger partial charge is 0.339 e. The molecule has 0 radical (unpaired) electrons. The number of anilines is 2. The van der Waals surface area contributed by atoms with Gasteiger partial charge < -0.3 is 5.32 Å². The highest BCUT2D eigenvalue weighted by atomic mass is 19.4. The van der Waals surface area contributed by atoms with Crippen LogP contribution in [0.1, 0.15) is 22.4 Å². The number of aromatic nitrogens is 3. The van der Waals surface area contributed by atoms with E-state index in [1.807, 2.05) is 30.3 Å². The van der Waals surface area contributed by atoms with Crippen LogP contribution in [0, 0.1) is 0 Å². The van der Waals surface area contributed by atoms with Crippen LogP contribution in [-0.4, -0.2) is 19.9 Å². The standard InChI is InChI=1S/C23H18F3N5/c24-23(25,26)17-6-3-4-15(8-17)11-31-12-19-21(13-31)28-14-29-22(19)30-18-9-16-5-1-2-7-20(16)27-10-18/h1-10,14H,11-13H2,(H,28,29,30). The maximum absolute atomic E-state index is 13.0. The molecule has 0 saturated carbocycles. The second kappa shape index (κ2) is 7.63. The van der Waals surface area contributed by atoms with E-state index < -0.39 is 11.7 Å². The Hall–Kier alpha value is -3.52. The highest BCUT2D eigenvalue weighted by molar-refractivity contribution is 5.82. The average molecular weight is 421 g/mol. The summed E-state index contributed by atoms with van der Waals surface area (Å²) in [6.45, 7) is 1.51. The second-order valence-corrected chi connectivity index (χ2v) is 7.53. The fraction of sp³-hybridized carbons (Fsp3) is 0.174. The molecule has 8 heteroatoms. The third kappa shape index (κ3) is 4.06. The molecule has 0 atom stereocenters. The Labute approximate surface area is 176 Å². The van der Waals surface area contributed by atoms with Crippen LogP contribution < -0.4 is 5.32 Å². The number of benzene rings is 2. The summed E-state index contributed by atoms with van der Waals surface area (Å²) < 4.78 is 39.0. The molecule has 3 heterocycles. The lowest BCUT2D eigenvalue weighted by Gasteiger charge is -2.16. The highest BCUT2D eigenvalue weighted by Crippen LogP contribution is 2.32. The maximum atomic E-state index is 13.0. The number of fused-ring (bicyclic) bond motifs is 2. The van der Waals surface area contributed by atoms with E-state index in [1.54, 1.807) is 12.3 Å². The lowest BCUT2D eigenvalue weighted by atomic mass is 10.1. The van der Waals surface area contributed by atoms with Gasteiger partial charge in [0.15, 0.2) is 0 Å². The molecule has 0 amide bonds. The zero-order valence-corrected chi connectivity index (χ0v) is 16.4. The monoisotopic (exact) mass is 421 g/mol. The minimum atomic E-state index is -4.35. The average Bonchev–Trinajstić information content (AvgIpc) is 3.17. The first kappa shape index (κ1) is 19.4. The van der Waals surface area contributed by atoms with Crippen LogP contribution in [0.3, 0.4) is 0 Å². The topological polar surface area (TPSA) is 53.9 Å². The van der Waals surface area contributed by atoms with Crippen LogP contribution in [0.15, 0.2) is 67.1 Å². The van der Waals surface area contributed by atoms with E-state index >= 15 is 0 Å². The molecule has 1 N–H and O–H groups in total. The molecule has 1 aliphatic heterocycles. The van der Waals surface area contributed by atoms with Gasteiger partial charge in [0.05, 0.1) is 28.7 Å². The summed E-state index contributed by atoms with van der Waals surface area (Å²) in [7, 11) is 0. The van der Waals surface area contributed by atoms with E-state index in [2.05, 4.69) is 25.2 Å². The lowest BCUT2D eigenvalue weighted by Crippen LogP contribution is -2.16. The molecule has 1 aliphatic rings. The van der Waals surface area contributed by atoms with Gasteiger partial charge >= 0.3 is 6.18 Å². The van der Waals surface area contributed by atoms with Gasteiger partial charge in [-0.05, 0) is 23.8 Å². The van der Waals surface area contributed by atoms with Crippen molar-refractivity contribution in [3.63, 3.8) is 0 Å². The van der Waals surface area contributed by atoms with Crippen molar-refractivity contribution in [3.8, 4) is 0 Å². The molecule has 0 saturated heterocycles. The number of alkyl halides is 3. The summed E-state index contributed by atoms with van der Waals surface area (Å²) in [5, 5.41) is 4.34. The van der Waals surface area contributed by atoms with Gasteiger partial charge in [0, 0.05) is 30.6 Å². The van der Waals surface area contributed by atoms with Gasteiger partial charge in [0.2, 0.25) is 0 Å². The van der Waals surface area contributed by atoms with Crippen molar-refractivity contribution >= 4 is 22.4 Å². The first-order valence-electron chi connectivity index (χ1n) is 9.79. The number of nitrogens with zero attached hydrogens (tertiary/aromatic N) is 4. The molecule has 4 aromatic rings. The van der Waals surface area contributed by atoms with Crippen molar-refractivity contribution in [1.29, 1.82) is 0 Å². The Bertz CT molecular complexity index is 1260. The molecular weight excluding hydrogens is 403 g/mol. The van der Waals surface area contributed by atoms with Crippen LogP contribution in [0.5, 0.6) is 0 Å². The summed E-state index contributed by atoms with van der Waals surface area (Å²) >= 11 is 0. The number of hydrogen-bond donors (Lipinski definition) is 1. The molecule has 5 rings (SSSR count). The van der Waals surface area contributed by atoms with E-state index in [1.165, 1.54) is 18.5 Å². The van der Waals surface area contributed by atoms with Gasteiger partial charge in [-0.1, -0.05) is 36.4 Å². The van der Waals surface area contributed by atoms with Gasteiger partial charge in [-0.15, -0.1) is 0 Å². The van der Waals surface area contributed by atoms with Crippen LogP contribution >= 0.6 is 0 Å². The summed E-state index contributed by atoms with van der Waals surface area (Å²) in [5.41, 5.74) is 3.53. The molecule has 31 heavy (non-hydrogen) atoms. The molecule has 2 aromatic carbocycles. The molecule has 156 valence electrons. The minimum absolute atomic E-state index is 0.400. The predicted molar refractivity (Wildman–Crippen MR) is 111 cm³/mol. The number of pyridine rings is 1. The van der Waals surface area contributed by atoms with Crippen LogP contribution in [0.25, 0.3) is 10.9 Å². The molecule has 2 aromatic heterocycles. The molecule has 0 bridgehead atoms. The van der Waals surface area contributed by atoms with Gasteiger partial charge in [0.1, 0.15) is 12.1 Å². The van der Waals surface area contributed by atoms with E-state index in [4.69, 9.17) is 0 Å². The molecule has 5 nitrogen and oxygen atoms in total. The van der Waals surface area contributed by atoms with Crippen molar-refractivity contribution in [2.75, 3.05) is 5.32 Å². The Balaban J connectivity index is 1.35. The second-order valence-electron chi connectivity index (χ2n) is 7.53. The Morgan fingerprint density at radius 3 is 2.68 bits per heavy atom. The number of halogens is 3. The Morgan fingerprint density at radius 2 is 1.81 bits per heavy atom. The zero-order chi connectivity index (χ0) is 21.4. The zero-order valence-electron chi connectivity index (χ0n) is 16.4. The summed E-state index contributed by atoms with van der Waals surface area (Å²) in [6.07, 6.45) is -1.09. The first-order chi connectivity index (χ1) is 15.0. The molecule has 0 unspecified atom stereocenters. The van der Waals surface area contributed by atoms with Crippen LogP contribution in [-0.2, 0) is 25.8 Å². The quantitative estimate of drug-likeness (QED) is 0.484. The van der Waals surface area contributed by atoms with E-state index in [9.17, 15) is 13.2 Å². The van der Waals surface area contributed by atoms with Crippen molar-refractivity contribution in [2.45, 2.75) is 25.8 Å². The summed E-state index contributed by atoms with van der Waals surface area (Å²) in [4.78, 5) is 15.3. The van der Waals surface area contributed by atoms with Crippen molar-refractivity contribution < 1.29 is 13.2 Å². The largest absolute Gasteiger partial charge is 0.416 e. The minimum Gasteiger partial charge on any atom is -0.339 e. The van der Waals surface area contributed by atoms with Crippen molar-refractivity contribution in [2.24, 2.45) is 0 Å². The number of para-hydroxylation sites is 1. The number of rotatable bonds is 4. The van der Waals surface area contributed by atoms with Crippen LogP contribution in [0.2, 0.25) is 0 Å². The SMILES string of the molecule is FC(F)(F)c1cccc(CN2Cc3ncnc(Nc4cnc5ccccc5c4)c3C2)c1. The van der Waals surface area contributed by atoms with Crippen LogP contribution in [0.4, 0.5) is 24.7 Å². The predicted octanol–water partition coefficient (Wildman–Crippen LogP) is 5.30. The highest BCUT2D eigenvalue weighted by Gasteiger charge is 2.31. The third-order valence-electron chi connectivity index (χ3n) is 5.30. The molecule has 0 fully saturated rings. The van der Waals surface area contributed by atoms with Gasteiger partial charge in [0.25, 0.3) is 0 Å². The molecule has 0 aliphatic carbocycles. The normalized spacial score (nSPS) is 14.0. The van der Waals surface area contributed by atoms with Gasteiger partial charge in [-0.3, -0.25) is 9.88 Å². The molecular formula is C23H18F3N5. The van der Waals surface area contributed by atoms with Crippen molar-refractivity contribution in [3.05, 3.63) is 89.5 Å². The number of hydrogen-bond acceptors (Lipinski definition) is 5. The fourth-order valence-corrected chi connectivity index (χ4v) is 3.84. The third-order valence-corrected chi connectivity index (χ3v) is 5.30. The number of nitrogens with one attached hydrogen (secondary N) is 1. The Kier molecular flexibility index (Phi) is 4.78. The summed E-state index contributed by atoms with van der Waals surface area (Å²) in [6, 6.07) is 15.3. The van der Waals surface area contributed by atoms with Gasteiger partial charge in [-0.25, -0.2) is 9.97 Å². The molecule has 0 spiro atoms. The maximum Gasteiger partial charge on any atom is 0.416 e. The first-order valence-corrected chi connectivity index (χ1v) is 9.79. The lowest BCUT2D eigenvalue weighted by molar-refractivity contribution is -0.137. The summed E-state index contributed by atoms with van der Waals surface area (Å²) in [5.74, 6) is 0.689. The fourth-order valence-electron chi connectivity index (χ4n) is 3.84. The van der Waals surface area contributed by atoms with E-state index in [0.717, 1.165) is 33.9 Å². The van der Waals surface area contributed by atoms with Crippen molar-refractivity contribution in [1.82, 2.24) is 19.9 Å². The Morgan fingerprint density at radius 1 is 0.935 bits per heavy atom.